The smallest absolute Gasteiger partial charge is 0.0919 e. The summed E-state index contributed by atoms with van der Waals surface area (Å²) in [5.41, 5.74) is 2.07. The third-order valence-corrected chi connectivity index (χ3v) is 4.23. The highest BCUT2D eigenvalue weighted by Crippen LogP contribution is 2.18. The van der Waals surface area contributed by atoms with Gasteiger partial charge in [-0.05, 0) is 18.1 Å². The number of hydrogen-bond acceptors (Lipinski definition) is 5. The number of ether oxygens (including phenoxy) is 1. The van der Waals surface area contributed by atoms with E-state index in [4.69, 9.17) is 4.74 Å². The number of morpholine rings is 1. The van der Waals surface area contributed by atoms with Crippen molar-refractivity contribution in [1.29, 1.82) is 0 Å². The zero-order chi connectivity index (χ0) is 15.8. The molecule has 1 aromatic rings. The number of aryl methyl sites for hydroxylation is 1. The molecule has 0 amide bonds. The van der Waals surface area contributed by atoms with E-state index >= 15 is 0 Å². The average Bonchev–Trinajstić information content (AvgIpc) is 2.54. The van der Waals surface area contributed by atoms with E-state index in [1.807, 2.05) is 31.2 Å². The lowest BCUT2D eigenvalue weighted by atomic mass is 10.0. The Labute approximate surface area is 133 Å². The molecule has 2 N–H and O–H groups in total. The van der Waals surface area contributed by atoms with Gasteiger partial charge in [-0.1, -0.05) is 24.3 Å². The van der Waals surface area contributed by atoms with Crippen molar-refractivity contribution in [3.63, 3.8) is 0 Å². The first-order chi connectivity index (χ1) is 10.7. The second-order valence-corrected chi connectivity index (χ2v) is 5.85. The average molecular weight is 308 g/mol. The van der Waals surface area contributed by atoms with E-state index in [9.17, 15) is 10.2 Å². The van der Waals surface area contributed by atoms with Gasteiger partial charge in [-0.3, -0.25) is 9.80 Å². The predicted octanol–water partition coefficient (Wildman–Crippen LogP) is 0.655. The Hall–Kier alpha value is -0.980. The summed E-state index contributed by atoms with van der Waals surface area (Å²) in [5, 5.41) is 19.7. The van der Waals surface area contributed by atoms with Crippen LogP contribution in [-0.2, 0) is 4.74 Å². The lowest BCUT2D eigenvalue weighted by Gasteiger charge is -2.31. The molecule has 1 heterocycles. The molecule has 0 spiro atoms. The molecule has 1 aliphatic rings. The summed E-state index contributed by atoms with van der Waals surface area (Å²) >= 11 is 0. The number of benzene rings is 1. The highest BCUT2D eigenvalue weighted by molar-refractivity contribution is 5.27. The van der Waals surface area contributed by atoms with Gasteiger partial charge in [0.25, 0.3) is 0 Å². The summed E-state index contributed by atoms with van der Waals surface area (Å²) in [4.78, 5) is 4.50. The van der Waals surface area contributed by atoms with Crippen molar-refractivity contribution in [3.8, 4) is 0 Å². The molecule has 1 saturated heterocycles. The predicted molar refractivity (Wildman–Crippen MR) is 86.9 cm³/mol. The molecule has 22 heavy (non-hydrogen) atoms. The van der Waals surface area contributed by atoms with Crippen LogP contribution in [0.4, 0.5) is 0 Å². The van der Waals surface area contributed by atoms with E-state index in [0.717, 1.165) is 50.5 Å². The zero-order valence-corrected chi connectivity index (χ0v) is 13.4. The molecule has 0 aromatic heterocycles. The summed E-state index contributed by atoms with van der Waals surface area (Å²) in [6, 6.07) is 7.92. The fourth-order valence-corrected chi connectivity index (χ4v) is 2.85. The van der Waals surface area contributed by atoms with E-state index < -0.39 is 6.10 Å². The van der Waals surface area contributed by atoms with Crippen molar-refractivity contribution in [1.82, 2.24) is 9.80 Å². The number of nitrogens with zero attached hydrogens (tertiary/aromatic N) is 2. The maximum Gasteiger partial charge on any atom is 0.0919 e. The summed E-state index contributed by atoms with van der Waals surface area (Å²) in [7, 11) is 0. The summed E-state index contributed by atoms with van der Waals surface area (Å²) < 4.78 is 5.35. The van der Waals surface area contributed by atoms with Crippen molar-refractivity contribution < 1.29 is 14.9 Å². The number of aliphatic hydroxyl groups excluding tert-OH is 2. The molecular formula is C17H28N2O3. The third kappa shape index (κ3) is 5.34. The minimum atomic E-state index is -0.516. The highest BCUT2D eigenvalue weighted by atomic mass is 16.5. The molecule has 1 unspecified atom stereocenters. The van der Waals surface area contributed by atoms with Gasteiger partial charge in [0.1, 0.15) is 0 Å². The van der Waals surface area contributed by atoms with E-state index in [1.54, 1.807) is 0 Å². The molecule has 5 nitrogen and oxygen atoms in total. The van der Waals surface area contributed by atoms with E-state index in [0.29, 0.717) is 13.1 Å². The van der Waals surface area contributed by atoms with Crippen molar-refractivity contribution in [2.45, 2.75) is 13.0 Å². The fraction of sp³-hybridized carbons (Fsp3) is 0.647. The first-order valence-electron chi connectivity index (χ1n) is 8.07. The van der Waals surface area contributed by atoms with Gasteiger partial charge in [0.2, 0.25) is 0 Å². The molecule has 2 rings (SSSR count). The van der Waals surface area contributed by atoms with Gasteiger partial charge in [-0.2, -0.15) is 0 Å². The van der Waals surface area contributed by atoms with Crippen LogP contribution < -0.4 is 0 Å². The SMILES string of the molecule is Cc1ccccc1C(O)CN(CCO)CCN1CCOCC1. The van der Waals surface area contributed by atoms with Gasteiger partial charge in [-0.15, -0.1) is 0 Å². The summed E-state index contributed by atoms with van der Waals surface area (Å²) in [6.45, 7) is 8.60. The van der Waals surface area contributed by atoms with E-state index in [-0.39, 0.29) is 6.61 Å². The zero-order valence-electron chi connectivity index (χ0n) is 13.4. The minimum Gasteiger partial charge on any atom is -0.395 e. The first kappa shape index (κ1) is 17.4. The molecule has 0 aliphatic carbocycles. The Balaban J connectivity index is 1.86. The molecule has 124 valence electrons. The van der Waals surface area contributed by atoms with Gasteiger partial charge in [0.15, 0.2) is 0 Å². The molecule has 1 aromatic carbocycles. The van der Waals surface area contributed by atoms with Crippen LogP contribution in [0.1, 0.15) is 17.2 Å². The van der Waals surface area contributed by atoms with Gasteiger partial charge in [0.05, 0.1) is 25.9 Å². The number of hydrogen-bond donors (Lipinski definition) is 2. The van der Waals surface area contributed by atoms with Gasteiger partial charge >= 0.3 is 0 Å². The molecule has 1 atom stereocenters. The topological polar surface area (TPSA) is 56.2 Å². The van der Waals surface area contributed by atoms with Crippen LogP contribution in [0, 0.1) is 6.92 Å². The van der Waals surface area contributed by atoms with Crippen molar-refractivity contribution in [2.75, 3.05) is 59.1 Å². The van der Waals surface area contributed by atoms with Crippen LogP contribution in [0.15, 0.2) is 24.3 Å². The lowest BCUT2D eigenvalue weighted by molar-refractivity contribution is 0.0283. The van der Waals surface area contributed by atoms with Crippen molar-refractivity contribution >= 4 is 0 Å². The molecule has 1 aliphatic heterocycles. The summed E-state index contributed by atoms with van der Waals surface area (Å²) in [5.74, 6) is 0. The van der Waals surface area contributed by atoms with Gasteiger partial charge < -0.3 is 14.9 Å². The molecular weight excluding hydrogens is 280 g/mol. The number of rotatable bonds is 8. The Morgan fingerprint density at radius 3 is 2.64 bits per heavy atom. The second-order valence-electron chi connectivity index (χ2n) is 5.85. The van der Waals surface area contributed by atoms with Gasteiger partial charge in [-0.25, -0.2) is 0 Å². The minimum absolute atomic E-state index is 0.115. The molecule has 5 heteroatoms. The lowest BCUT2D eigenvalue weighted by Crippen LogP contribution is -2.43. The Kier molecular flexibility index (Phi) is 7.29. The Bertz CT molecular complexity index is 436. The maximum absolute atomic E-state index is 10.5. The molecule has 1 fully saturated rings. The standard InChI is InChI=1S/C17H28N2O3/c1-15-4-2-3-5-16(15)17(21)14-19(8-11-20)7-6-18-9-12-22-13-10-18/h2-5,17,20-21H,6-14H2,1H3. The van der Waals surface area contributed by atoms with Crippen LogP contribution in [-0.4, -0.2) is 79.1 Å². The van der Waals surface area contributed by atoms with E-state index in [2.05, 4.69) is 9.80 Å². The Morgan fingerprint density at radius 2 is 1.95 bits per heavy atom. The molecule has 0 saturated carbocycles. The Morgan fingerprint density at radius 1 is 1.23 bits per heavy atom. The number of aliphatic hydroxyl groups is 2. The third-order valence-electron chi connectivity index (χ3n) is 4.23. The fourth-order valence-electron chi connectivity index (χ4n) is 2.85. The molecule has 0 radical (unpaired) electrons. The van der Waals surface area contributed by atoms with Gasteiger partial charge in [0, 0.05) is 39.3 Å². The first-order valence-corrected chi connectivity index (χ1v) is 8.07. The van der Waals surface area contributed by atoms with Crippen LogP contribution in [0.3, 0.4) is 0 Å². The molecule has 0 bridgehead atoms. The largest absolute Gasteiger partial charge is 0.395 e. The maximum atomic E-state index is 10.5. The van der Waals surface area contributed by atoms with Crippen LogP contribution in [0.2, 0.25) is 0 Å². The normalized spacial score (nSPS) is 17.8. The summed E-state index contributed by atoms with van der Waals surface area (Å²) in [6.07, 6.45) is -0.516. The quantitative estimate of drug-likeness (QED) is 0.739. The van der Waals surface area contributed by atoms with E-state index in [1.165, 1.54) is 0 Å². The monoisotopic (exact) mass is 308 g/mol. The van der Waals surface area contributed by atoms with Crippen LogP contribution in [0.5, 0.6) is 0 Å². The van der Waals surface area contributed by atoms with Crippen LogP contribution in [0.25, 0.3) is 0 Å². The van der Waals surface area contributed by atoms with Crippen molar-refractivity contribution in [2.24, 2.45) is 0 Å². The van der Waals surface area contributed by atoms with Crippen LogP contribution >= 0.6 is 0 Å². The van der Waals surface area contributed by atoms with Crippen molar-refractivity contribution in [3.05, 3.63) is 35.4 Å². The second kappa shape index (κ2) is 9.22. The highest BCUT2D eigenvalue weighted by Gasteiger charge is 2.17.